The molecule has 138 valence electrons. The summed E-state index contributed by atoms with van der Waals surface area (Å²) in [5.41, 5.74) is 6.26. The van der Waals surface area contributed by atoms with Crippen LogP contribution in [-0.4, -0.2) is 18.3 Å². The molecule has 0 aliphatic carbocycles. The number of hydrogen-bond acceptors (Lipinski definition) is 3. The molecule has 4 N–H and O–H groups in total. The average molecular weight is 426 g/mol. The molecule has 0 saturated carbocycles. The number of amidine groups is 1. The number of rotatable bonds is 7. The lowest BCUT2D eigenvalue weighted by Gasteiger charge is -2.19. The van der Waals surface area contributed by atoms with Crippen LogP contribution in [0.3, 0.4) is 0 Å². The Labute approximate surface area is 158 Å². The van der Waals surface area contributed by atoms with Crippen molar-refractivity contribution in [1.29, 1.82) is 5.41 Å². The molecule has 0 aromatic heterocycles. The van der Waals surface area contributed by atoms with Crippen LogP contribution in [0.25, 0.3) is 0 Å². The van der Waals surface area contributed by atoms with E-state index in [9.17, 15) is 13.6 Å². The molecule has 0 aliphatic rings. The van der Waals surface area contributed by atoms with E-state index in [0.29, 0.717) is 5.56 Å². The van der Waals surface area contributed by atoms with Gasteiger partial charge >= 0.3 is 0 Å². The van der Waals surface area contributed by atoms with Crippen molar-refractivity contribution >= 4 is 27.7 Å². The van der Waals surface area contributed by atoms with Crippen LogP contribution >= 0.6 is 15.9 Å². The SMILES string of the molecule is CCO[C@H](C(=O)NCc1ccc(C(=N)N)cc1)c1c(F)cc(Br)cc1F. The van der Waals surface area contributed by atoms with Crippen molar-refractivity contribution in [2.45, 2.75) is 19.6 Å². The summed E-state index contributed by atoms with van der Waals surface area (Å²) >= 11 is 3.00. The normalized spacial score (nSPS) is 11.8. The highest BCUT2D eigenvalue weighted by Gasteiger charge is 2.28. The molecule has 0 saturated heterocycles. The van der Waals surface area contributed by atoms with E-state index >= 15 is 0 Å². The number of benzene rings is 2. The van der Waals surface area contributed by atoms with Gasteiger partial charge < -0.3 is 15.8 Å². The number of carbonyl (C=O) groups excluding carboxylic acids is 1. The van der Waals surface area contributed by atoms with E-state index in [0.717, 1.165) is 17.7 Å². The highest BCUT2D eigenvalue weighted by molar-refractivity contribution is 9.10. The van der Waals surface area contributed by atoms with Crippen molar-refractivity contribution in [2.75, 3.05) is 6.61 Å². The van der Waals surface area contributed by atoms with E-state index in [1.807, 2.05) is 0 Å². The zero-order valence-electron chi connectivity index (χ0n) is 14.0. The van der Waals surface area contributed by atoms with E-state index in [1.165, 1.54) is 0 Å². The molecule has 1 atom stereocenters. The van der Waals surface area contributed by atoms with Gasteiger partial charge in [0.05, 0.1) is 5.56 Å². The number of hydrogen-bond donors (Lipinski definition) is 3. The Kier molecular flexibility index (Phi) is 6.82. The third-order valence-electron chi connectivity index (χ3n) is 3.61. The first kappa shape index (κ1) is 20.0. The lowest BCUT2D eigenvalue weighted by atomic mass is 10.1. The average Bonchev–Trinajstić information content (AvgIpc) is 2.58. The predicted molar refractivity (Wildman–Crippen MR) is 97.7 cm³/mol. The fourth-order valence-corrected chi connectivity index (χ4v) is 2.75. The first-order chi connectivity index (χ1) is 12.3. The largest absolute Gasteiger partial charge is 0.384 e. The lowest BCUT2D eigenvalue weighted by Crippen LogP contribution is -2.31. The Balaban J connectivity index is 2.15. The second kappa shape index (κ2) is 8.86. The molecular formula is C18H18BrF2N3O2. The summed E-state index contributed by atoms with van der Waals surface area (Å²) in [7, 11) is 0. The van der Waals surface area contributed by atoms with Crippen LogP contribution in [0.5, 0.6) is 0 Å². The van der Waals surface area contributed by atoms with Crippen LogP contribution < -0.4 is 11.1 Å². The van der Waals surface area contributed by atoms with Gasteiger partial charge in [0.2, 0.25) is 0 Å². The smallest absolute Gasteiger partial charge is 0.254 e. The monoisotopic (exact) mass is 425 g/mol. The Hall–Kier alpha value is -2.32. The molecule has 0 unspecified atom stereocenters. The van der Waals surface area contributed by atoms with Crippen molar-refractivity contribution in [3.05, 3.63) is 69.2 Å². The van der Waals surface area contributed by atoms with Crippen LogP contribution in [0, 0.1) is 17.0 Å². The molecule has 0 heterocycles. The third-order valence-corrected chi connectivity index (χ3v) is 4.07. The number of nitrogens with one attached hydrogen (secondary N) is 2. The lowest BCUT2D eigenvalue weighted by molar-refractivity contribution is -0.133. The molecule has 2 aromatic rings. The van der Waals surface area contributed by atoms with Crippen LogP contribution in [-0.2, 0) is 16.1 Å². The van der Waals surface area contributed by atoms with Crippen molar-refractivity contribution in [2.24, 2.45) is 5.73 Å². The number of nitrogen functional groups attached to an aromatic ring is 1. The Bertz CT molecular complexity index is 790. The van der Waals surface area contributed by atoms with E-state index < -0.39 is 29.2 Å². The maximum atomic E-state index is 14.2. The van der Waals surface area contributed by atoms with Crippen LogP contribution in [0.15, 0.2) is 40.9 Å². The highest BCUT2D eigenvalue weighted by atomic mass is 79.9. The minimum Gasteiger partial charge on any atom is -0.384 e. The molecule has 2 aromatic carbocycles. The first-order valence-corrected chi connectivity index (χ1v) is 8.59. The van der Waals surface area contributed by atoms with Crippen LogP contribution in [0.2, 0.25) is 0 Å². The predicted octanol–water partition coefficient (Wildman–Crippen LogP) is 3.41. The number of carbonyl (C=O) groups is 1. The molecule has 26 heavy (non-hydrogen) atoms. The molecular weight excluding hydrogens is 408 g/mol. The van der Waals surface area contributed by atoms with Gasteiger partial charge in [0, 0.05) is 23.2 Å². The van der Waals surface area contributed by atoms with Gasteiger partial charge in [0.1, 0.15) is 17.5 Å². The standard InChI is InChI=1S/C18H18BrF2N3O2/c1-2-26-16(15-13(20)7-12(19)8-14(15)21)18(25)24-9-10-3-5-11(6-4-10)17(22)23/h3-8,16H,2,9H2,1H3,(H3,22,23)(H,24,25)/t16-/m0/s1. The van der Waals surface area contributed by atoms with Gasteiger partial charge in [-0.05, 0) is 24.6 Å². The van der Waals surface area contributed by atoms with Crippen molar-refractivity contribution in [1.82, 2.24) is 5.32 Å². The minimum atomic E-state index is -1.40. The van der Waals surface area contributed by atoms with Gasteiger partial charge in [0.15, 0.2) is 6.10 Å². The zero-order chi connectivity index (χ0) is 19.3. The maximum absolute atomic E-state index is 14.2. The topological polar surface area (TPSA) is 88.2 Å². The molecule has 0 fully saturated rings. The quantitative estimate of drug-likeness (QED) is 0.469. The van der Waals surface area contributed by atoms with Crippen molar-refractivity contribution < 1.29 is 18.3 Å². The number of ether oxygens (including phenoxy) is 1. The van der Waals surface area contributed by atoms with Gasteiger partial charge in [-0.3, -0.25) is 10.2 Å². The molecule has 0 aliphatic heterocycles. The summed E-state index contributed by atoms with van der Waals surface area (Å²) in [4.78, 5) is 12.4. The molecule has 5 nitrogen and oxygen atoms in total. The summed E-state index contributed by atoms with van der Waals surface area (Å²) in [6, 6.07) is 8.87. The minimum absolute atomic E-state index is 0.0572. The van der Waals surface area contributed by atoms with E-state index in [1.54, 1.807) is 31.2 Å². The Morgan fingerprint density at radius 3 is 2.35 bits per heavy atom. The van der Waals surface area contributed by atoms with Gasteiger partial charge in [0.25, 0.3) is 5.91 Å². The second-order valence-electron chi connectivity index (χ2n) is 5.45. The second-order valence-corrected chi connectivity index (χ2v) is 6.36. The van der Waals surface area contributed by atoms with Gasteiger partial charge in [-0.15, -0.1) is 0 Å². The molecule has 2 rings (SSSR count). The number of halogens is 3. The summed E-state index contributed by atoms with van der Waals surface area (Å²) in [5.74, 6) is -2.44. The number of amides is 1. The highest BCUT2D eigenvalue weighted by Crippen LogP contribution is 2.27. The van der Waals surface area contributed by atoms with Crippen LogP contribution in [0.4, 0.5) is 8.78 Å². The molecule has 1 amide bonds. The summed E-state index contributed by atoms with van der Waals surface area (Å²) in [5, 5.41) is 9.95. The fourth-order valence-electron chi connectivity index (χ4n) is 2.34. The number of nitrogens with two attached hydrogens (primary N) is 1. The Morgan fingerprint density at radius 2 is 1.85 bits per heavy atom. The van der Waals surface area contributed by atoms with Gasteiger partial charge in [-0.25, -0.2) is 8.78 Å². The third kappa shape index (κ3) is 4.86. The first-order valence-electron chi connectivity index (χ1n) is 7.80. The molecule has 0 spiro atoms. The van der Waals surface area contributed by atoms with E-state index in [4.69, 9.17) is 15.9 Å². The van der Waals surface area contributed by atoms with E-state index in [2.05, 4.69) is 21.2 Å². The van der Waals surface area contributed by atoms with Crippen molar-refractivity contribution in [3.8, 4) is 0 Å². The molecule has 0 radical (unpaired) electrons. The molecule has 0 bridgehead atoms. The van der Waals surface area contributed by atoms with Crippen molar-refractivity contribution in [3.63, 3.8) is 0 Å². The summed E-state index contributed by atoms with van der Waals surface area (Å²) in [6.45, 7) is 1.89. The van der Waals surface area contributed by atoms with Crippen LogP contribution in [0.1, 0.15) is 29.7 Å². The summed E-state index contributed by atoms with van der Waals surface area (Å²) < 4.78 is 33.8. The van der Waals surface area contributed by atoms with Gasteiger partial charge in [-0.1, -0.05) is 40.2 Å². The van der Waals surface area contributed by atoms with E-state index in [-0.39, 0.29) is 23.5 Å². The molecule has 8 heteroatoms. The zero-order valence-corrected chi connectivity index (χ0v) is 15.6. The Morgan fingerprint density at radius 1 is 1.27 bits per heavy atom. The summed E-state index contributed by atoms with van der Waals surface area (Å²) in [6.07, 6.45) is -1.40. The fraction of sp³-hybridized carbons (Fsp3) is 0.222. The maximum Gasteiger partial charge on any atom is 0.254 e. The van der Waals surface area contributed by atoms with Gasteiger partial charge in [-0.2, -0.15) is 0 Å².